The smallest absolute Gasteiger partial charge is 0.405 e. The number of hydrogen-bond acceptors (Lipinski definition) is 5. The van der Waals surface area contributed by atoms with Gasteiger partial charge in [0.25, 0.3) is 0 Å². The molecule has 0 aliphatic carbocycles. The van der Waals surface area contributed by atoms with Crippen molar-refractivity contribution in [2.24, 2.45) is 5.73 Å². The van der Waals surface area contributed by atoms with Gasteiger partial charge in [-0.1, -0.05) is 0 Å². The second-order valence-corrected chi connectivity index (χ2v) is 2.78. The van der Waals surface area contributed by atoms with Crippen LogP contribution < -0.4 is 16.2 Å². The SMILES string of the molecule is NCc1cc(OC(F)(F)F)c(C=O)c(N)n1. The van der Waals surface area contributed by atoms with Crippen LogP contribution in [0.25, 0.3) is 0 Å². The van der Waals surface area contributed by atoms with Gasteiger partial charge in [0.15, 0.2) is 6.29 Å². The number of halogens is 3. The summed E-state index contributed by atoms with van der Waals surface area (Å²) in [5.74, 6) is -1.05. The molecule has 16 heavy (non-hydrogen) atoms. The van der Waals surface area contributed by atoms with Crippen LogP contribution in [0.2, 0.25) is 0 Å². The summed E-state index contributed by atoms with van der Waals surface area (Å²) in [6.45, 7) is -0.114. The molecule has 5 nitrogen and oxygen atoms in total. The van der Waals surface area contributed by atoms with E-state index in [1.807, 2.05) is 0 Å². The number of pyridine rings is 1. The zero-order chi connectivity index (χ0) is 12.3. The van der Waals surface area contributed by atoms with Crippen molar-refractivity contribution in [1.29, 1.82) is 0 Å². The Morgan fingerprint density at radius 2 is 2.12 bits per heavy atom. The van der Waals surface area contributed by atoms with E-state index in [-0.39, 0.29) is 24.3 Å². The van der Waals surface area contributed by atoms with Crippen molar-refractivity contribution in [3.8, 4) is 5.75 Å². The highest BCUT2D eigenvalue weighted by molar-refractivity contribution is 5.85. The minimum absolute atomic E-state index is 0.0994. The Bertz CT molecular complexity index is 406. The summed E-state index contributed by atoms with van der Waals surface area (Å²) in [5.41, 5.74) is 10.1. The minimum Gasteiger partial charge on any atom is -0.405 e. The summed E-state index contributed by atoms with van der Waals surface area (Å²) in [5, 5.41) is 0. The first-order chi connectivity index (χ1) is 7.37. The van der Waals surface area contributed by atoms with Gasteiger partial charge in [0.1, 0.15) is 11.6 Å². The molecule has 0 aliphatic rings. The summed E-state index contributed by atoms with van der Waals surface area (Å²) in [6.07, 6.45) is -4.76. The number of rotatable bonds is 3. The molecule has 0 aliphatic heterocycles. The molecule has 0 fully saturated rings. The molecule has 0 radical (unpaired) electrons. The van der Waals surface area contributed by atoms with Crippen LogP contribution in [-0.4, -0.2) is 17.6 Å². The van der Waals surface area contributed by atoms with Crippen molar-refractivity contribution in [2.75, 3.05) is 5.73 Å². The van der Waals surface area contributed by atoms with Gasteiger partial charge < -0.3 is 16.2 Å². The molecule has 0 saturated carbocycles. The quantitative estimate of drug-likeness (QED) is 0.757. The van der Waals surface area contributed by atoms with Crippen LogP contribution in [-0.2, 0) is 6.54 Å². The number of hydrogen-bond donors (Lipinski definition) is 2. The fraction of sp³-hybridized carbons (Fsp3) is 0.250. The van der Waals surface area contributed by atoms with E-state index in [4.69, 9.17) is 11.5 Å². The Labute approximate surface area is 88.2 Å². The van der Waals surface area contributed by atoms with Crippen molar-refractivity contribution in [2.45, 2.75) is 12.9 Å². The summed E-state index contributed by atoms with van der Waals surface area (Å²) in [4.78, 5) is 14.2. The number of aromatic nitrogens is 1. The van der Waals surface area contributed by atoms with E-state index >= 15 is 0 Å². The first kappa shape index (κ1) is 12.2. The highest BCUT2D eigenvalue weighted by Gasteiger charge is 2.32. The Kier molecular flexibility index (Phi) is 3.33. The van der Waals surface area contributed by atoms with Gasteiger partial charge in [-0.3, -0.25) is 4.79 Å². The number of ether oxygens (including phenoxy) is 1. The molecular formula is C8H8F3N3O2. The Hall–Kier alpha value is -1.83. The number of nitrogens with two attached hydrogens (primary N) is 2. The van der Waals surface area contributed by atoms with Gasteiger partial charge in [0.2, 0.25) is 0 Å². The third-order valence-electron chi connectivity index (χ3n) is 1.66. The van der Waals surface area contributed by atoms with Crippen molar-refractivity contribution >= 4 is 12.1 Å². The van der Waals surface area contributed by atoms with Gasteiger partial charge in [-0.25, -0.2) is 4.98 Å². The Morgan fingerprint density at radius 1 is 1.50 bits per heavy atom. The third kappa shape index (κ3) is 2.83. The maximum absolute atomic E-state index is 12.0. The van der Waals surface area contributed by atoms with E-state index in [1.54, 1.807) is 0 Å². The van der Waals surface area contributed by atoms with Gasteiger partial charge in [-0.15, -0.1) is 13.2 Å². The highest BCUT2D eigenvalue weighted by atomic mass is 19.4. The number of anilines is 1. The molecule has 1 aromatic rings. The van der Waals surface area contributed by atoms with E-state index in [0.717, 1.165) is 6.07 Å². The second kappa shape index (κ2) is 4.35. The van der Waals surface area contributed by atoms with E-state index in [9.17, 15) is 18.0 Å². The van der Waals surface area contributed by atoms with Crippen LogP contribution in [0.3, 0.4) is 0 Å². The van der Waals surface area contributed by atoms with Gasteiger partial charge >= 0.3 is 6.36 Å². The first-order valence-corrected chi connectivity index (χ1v) is 4.07. The maximum atomic E-state index is 12.0. The zero-order valence-corrected chi connectivity index (χ0v) is 7.91. The van der Waals surface area contributed by atoms with E-state index in [1.165, 1.54) is 0 Å². The van der Waals surface area contributed by atoms with Crippen LogP contribution in [0.4, 0.5) is 19.0 Å². The van der Waals surface area contributed by atoms with Gasteiger partial charge in [-0.05, 0) is 0 Å². The van der Waals surface area contributed by atoms with Gasteiger partial charge in [0, 0.05) is 12.6 Å². The topological polar surface area (TPSA) is 91.2 Å². The minimum atomic E-state index is -4.91. The van der Waals surface area contributed by atoms with Crippen LogP contribution in [0.15, 0.2) is 6.07 Å². The molecule has 1 heterocycles. The largest absolute Gasteiger partial charge is 0.573 e. The molecule has 1 aromatic heterocycles. The lowest BCUT2D eigenvalue weighted by Gasteiger charge is -2.12. The van der Waals surface area contributed by atoms with E-state index in [2.05, 4.69) is 9.72 Å². The molecule has 88 valence electrons. The number of nitrogen functional groups attached to an aromatic ring is 1. The first-order valence-electron chi connectivity index (χ1n) is 4.07. The molecule has 1 rings (SSSR count). The van der Waals surface area contributed by atoms with Gasteiger partial charge in [0.05, 0.1) is 11.3 Å². The molecule has 4 N–H and O–H groups in total. The monoisotopic (exact) mass is 235 g/mol. The summed E-state index contributed by atoms with van der Waals surface area (Å²) in [7, 11) is 0. The van der Waals surface area contributed by atoms with Crippen molar-refractivity contribution in [3.05, 3.63) is 17.3 Å². The van der Waals surface area contributed by atoms with Crippen LogP contribution in [0, 0.1) is 0 Å². The average molecular weight is 235 g/mol. The molecule has 0 aromatic carbocycles. The fourth-order valence-corrected chi connectivity index (χ4v) is 1.03. The van der Waals surface area contributed by atoms with Crippen LogP contribution in [0.1, 0.15) is 16.1 Å². The van der Waals surface area contributed by atoms with Crippen molar-refractivity contribution < 1.29 is 22.7 Å². The molecule has 8 heteroatoms. The summed E-state index contributed by atoms with van der Waals surface area (Å²) >= 11 is 0. The molecule has 0 amide bonds. The highest BCUT2D eigenvalue weighted by Crippen LogP contribution is 2.28. The maximum Gasteiger partial charge on any atom is 0.573 e. The fourth-order valence-electron chi connectivity index (χ4n) is 1.03. The third-order valence-corrected chi connectivity index (χ3v) is 1.66. The standard InChI is InChI=1S/C8H8F3N3O2/c9-8(10,11)16-6-1-4(2-12)14-7(13)5(6)3-15/h1,3H,2,12H2,(H2,13,14). The molecule has 0 bridgehead atoms. The predicted octanol–water partition coefficient (Wildman–Crippen LogP) is 0.834. The number of alkyl halides is 3. The van der Waals surface area contributed by atoms with Crippen LogP contribution in [0.5, 0.6) is 5.75 Å². The second-order valence-electron chi connectivity index (χ2n) is 2.78. The van der Waals surface area contributed by atoms with Crippen molar-refractivity contribution in [1.82, 2.24) is 4.98 Å². The molecule has 0 unspecified atom stereocenters. The normalized spacial score (nSPS) is 11.2. The van der Waals surface area contributed by atoms with Crippen molar-refractivity contribution in [3.63, 3.8) is 0 Å². The predicted molar refractivity (Wildman–Crippen MR) is 48.6 cm³/mol. The average Bonchev–Trinajstić information content (AvgIpc) is 2.14. The summed E-state index contributed by atoms with van der Waals surface area (Å²) in [6, 6.07) is 0.924. The van der Waals surface area contributed by atoms with Crippen LogP contribution >= 0.6 is 0 Å². The lowest BCUT2D eigenvalue weighted by atomic mass is 10.2. The Balaban J connectivity index is 3.23. The van der Waals surface area contributed by atoms with Gasteiger partial charge in [-0.2, -0.15) is 0 Å². The van der Waals surface area contributed by atoms with E-state index < -0.39 is 17.7 Å². The summed E-state index contributed by atoms with van der Waals surface area (Å²) < 4.78 is 39.6. The number of carbonyl (C=O) groups excluding carboxylic acids is 1. The lowest BCUT2D eigenvalue weighted by Crippen LogP contribution is -2.19. The van der Waals surface area contributed by atoms with E-state index in [0.29, 0.717) is 0 Å². The number of carbonyl (C=O) groups is 1. The molecule has 0 atom stereocenters. The molecular weight excluding hydrogens is 227 g/mol. The molecule has 0 spiro atoms. The molecule has 0 saturated heterocycles. The lowest BCUT2D eigenvalue weighted by molar-refractivity contribution is -0.274. The number of aldehydes is 1. The number of nitrogens with zero attached hydrogens (tertiary/aromatic N) is 1. The zero-order valence-electron chi connectivity index (χ0n) is 7.91. The Morgan fingerprint density at radius 3 is 2.56 bits per heavy atom.